The maximum absolute atomic E-state index is 12.5. The number of nitrogens with one attached hydrogen (secondary N) is 1. The van der Waals surface area contributed by atoms with Gasteiger partial charge in [-0.25, -0.2) is 0 Å². The van der Waals surface area contributed by atoms with E-state index in [4.69, 9.17) is 0 Å². The second-order valence-electron chi connectivity index (χ2n) is 5.33. The van der Waals surface area contributed by atoms with Crippen molar-refractivity contribution in [2.75, 3.05) is 6.54 Å². The van der Waals surface area contributed by atoms with Gasteiger partial charge in [0.05, 0.1) is 0 Å². The molecule has 0 radical (unpaired) electrons. The van der Waals surface area contributed by atoms with Crippen molar-refractivity contribution in [1.29, 1.82) is 0 Å². The number of carbonyl (C=O) groups excluding carboxylic acids is 1. The fraction of sp³-hybridized carbons (Fsp3) is 0.571. The Labute approximate surface area is 106 Å². The van der Waals surface area contributed by atoms with Crippen LogP contribution in [-0.2, 0) is 0 Å². The predicted octanol–water partition coefficient (Wildman–Crippen LogP) is 1.78. The number of piperidine rings is 1. The SMILES string of the molecule is O=C(c1cccc(=O)[nH]1)N1CCCC2CCCC21. The third-order valence-electron chi connectivity index (χ3n) is 4.25. The summed E-state index contributed by atoms with van der Waals surface area (Å²) in [5, 5.41) is 0. The third kappa shape index (κ3) is 1.96. The van der Waals surface area contributed by atoms with Crippen LogP contribution in [0.3, 0.4) is 0 Å². The number of aromatic amines is 1. The molecule has 1 saturated carbocycles. The summed E-state index contributed by atoms with van der Waals surface area (Å²) in [5.41, 5.74) is 0.218. The zero-order valence-corrected chi connectivity index (χ0v) is 10.4. The van der Waals surface area contributed by atoms with Gasteiger partial charge in [0.2, 0.25) is 5.56 Å². The molecule has 1 N–H and O–H groups in total. The number of fused-ring (bicyclic) bond motifs is 1. The molecule has 1 aliphatic carbocycles. The van der Waals surface area contributed by atoms with E-state index in [1.807, 2.05) is 4.90 Å². The summed E-state index contributed by atoms with van der Waals surface area (Å²) in [7, 11) is 0. The number of H-pyrrole nitrogens is 1. The number of likely N-dealkylation sites (tertiary alicyclic amines) is 1. The molecule has 1 aromatic heterocycles. The Hall–Kier alpha value is -1.58. The number of hydrogen-bond acceptors (Lipinski definition) is 2. The van der Waals surface area contributed by atoms with Gasteiger partial charge in [0.15, 0.2) is 0 Å². The van der Waals surface area contributed by atoms with E-state index in [0.29, 0.717) is 17.7 Å². The van der Waals surface area contributed by atoms with Crippen LogP contribution in [0.5, 0.6) is 0 Å². The van der Waals surface area contributed by atoms with Crippen LogP contribution in [0.2, 0.25) is 0 Å². The second-order valence-corrected chi connectivity index (χ2v) is 5.33. The topological polar surface area (TPSA) is 53.2 Å². The lowest BCUT2D eigenvalue weighted by molar-refractivity contribution is 0.0542. The lowest BCUT2D eigenvalue weighted by atomic mass is 9.92. The number of pyridine rings is 1. The van der Waals surface area contributed by atoms with Gasteiger partial charge in [0.25, 0.3) is 5.91 Å². The zero-order chi connectivity index (χ0) is 12.5. The minimum atomic E-state index is -0.208. The van der Waals surface area contributed by atoms with E-state index in [-0.39, 0.29) is 11.5 Å². The number of carbonyl (C=O) groups is 1. The van der Waals surface area contributed by atoms with E-state index in [9.17, 15) is 9.59 Å². The van der Waals surface area contributed by atoms with Gasteiger partial charge in [-0.3, -0.25) is 9.59 Å². The van der Waals surface area contributed by atoms with Crippen LogP contribution < -0.4 is 5.56 Å². The van der Waals surface area contributed by atoms with Crippen molar-refractivity contribution in [3.63, 3.8) is 0 Å². The largest absolute Gasteiger partial charge is 0.334 e. The molecule has 4 heteroatoms. The fourth-order valence-corrected chi connectivity index (χ4v) is 3.43. The first-order chi connectivity index (χ1) is 8.75. The molecule has 3 rings (SSSR count). The molecular weight excluding hydrogens is 228 g/mol. The highest BCUT2D eigenvalue weighted by Gasteiger charge is 2.37. The normalized spacial score (nSPS) is 27.0. The van der Waals surface area contributed by atoms with Crippen LogP contribution in [0, 0.1) is 5.92 Å². The lowest BCUT2D eigenvalue weighted by Gasteiger charge is -2.37. The molecule has 2 unspecified atom stereocenters. The molecule has 1 saturated heterocycles. The second kappa shape index (κ2) is 4.59. The summed E-state index contributed by atoms with van der Waals surface area (Å²) in [4.78, 5) is 28.3. The third-order valence-corrected chi connectivity index (χ3v) is 4.25. The van der Waals surface area contributed by atoms with E-state index in [2.05, 4.69) is 4.98 Å². The summed E-state index contributed by atoms with van der Waals surface area (Å²) in [5.74, 6) is 0.669. The lowest BCUT2D eigenvalue weighted by Crippen LogP contribution is -2.46. The summed E-state index contributed by atoms with van der Waals surface area (Å²) in [6, 6.07) is 5.17. The van der Waals surface area contributed by atoms with Gasteiger partial charge in [-0.1, -0.05) is 12.5 Å². The Balaban J connectivity index is 1.85. The van der Waals surface area contributed by atoms with Gasteiger partial charge in [0.1, 0.15) is 5.69 Å². The van der Waals surface area contributed by atoms with Gasteiger partial charge < -0.3 is 9.88 Å². The number of nitrogens with zero attached hydrogens (tertiary/aromatic N) is 1. The molecule has 2 atom stereocenters. The summed E-state index contributed by atoms with van der Waals surface area (Å²) < 4.78 is 0. The Kier molecular flexibility index (Phi) is 2.94. The van der Waals surface area contributed by atoms with Crippen molar-refractivity contribution in [3.05, 3.63) is 34.2 Å². The summed E-state index contributed by atoms with van der Waals surface area (Å²) in [6.45, 7) is 0.830. The van der Waals surface area contributed by atoms with E-state index in [0.717, 1.165) is 19.4 Å². The molecule has 96 valence electrons. The minimum Gasteiger partial charge on any atom is -0.334 e. The number of aromatic nitrogens is 1. The Morgan fingerprint density at radius 2 is 2.06 bits per heavy atom. The van der Waals surface area contributed by atoms with Crippen LogP contribution in [0.25, 0.3) is 0 Å². The number of rotatable bonds is 1. The highest BCUT2D eigenvalue weighted by molar-refractivity contribution is 5.92. The Morgan fingerprint density at radius 1 is 1.22 bits per heavy atom. The minimum absolute atomic E-state index is 0.00991. The molecule has 0 spiro atoms. The van der Waals surface area contributed by atoms with E-state index >= 15 is 0 Å². The quantitative estimate of drug-likeness (QED) is 0.821. The van der Waals surface area contributed by atoms with Crippen molar-refractivity contribution in [3.8, 4) is 0 Å². The molecule has 4 nitrogen and oxygen atoms in total. The monoisotopic (exact) mass is 246 g/mol. The van der Waals surface area contributed by atoms with Crippen molar-refractivity contribution in [2.24, 2.45) is 5.92 Å². The zero-order valence-electron chi connectivity index (χ0n) is 10.4. The van der Waals surface area contributed by atoms with E-state index in [1.54, 1.807) is 12.1 Å². The van der Waals surface area contributed by atoms with Crippen molar-refractivity contribution in [2.45, 2.75) is 38.1 Å². The van der Waals surface area contributed by atoms with Crippen molar-refractivity contribution < 1.29 is 4.79 Å². The van der Waals surface area contributed by atoms with Gasteiger partial charge in [-0.2, -0.15) is 0 Å². The fourth-order valence-electron chi connectivity index (χ4n) is 3.43. The van der Waals surface area contributed by atoms with Gasteiger partial charge >= 0.3 is 0 Å². The first kappa shape index (κ1) is 11.5. The van der Waals surface area contributed by atoms with Gasteiger partial charge in [0, 0.05) is 18.7 Å². The molecule has 1 amide bonds. The summed E-state index contributed by atoms with van der Waals surface area (Å²) >= 11 is 0. The van der Waals surface area contributed by atoms with Gasteiger partial charge in [-0.05, 0) is 37.7 Å². The van der Waals surface area contributed by atoms with Crippen LogP contribution in [0.1, 0.15) is 42.6 Å². The summed E-state index contributed by atoms with van der Waals surface area (Å²) in [6.07, 6.45) is 5.93. The maximum atomic E-state index is 12.5. The Bertz CT molecular complexity index is 509. The van der Waals surface area contributed by atoms with Crippen molar-refractivity contribution in [1.82, 2.24) is 9.88 Å². The van der Waals surface area contributed by atoms with E-state index < -0.39 is 0 Å². The molecule has 2 heterocycles. The highest BCUT2D eigenvalue weighted by Crippen LogP contribution is 2.37. The van der Waals surface area contributed by atoms with Crippen LogP contribution >= 0.6 is 0 Å². The predicted molar refractivity (Wildman–Crippen MR) is 68.5 cm³/mol. The maximum Gasteiger partial charge on any atom is 0.270 e. The molecular formula is C14H18N2O2. The molecule has 1 aliphatic heterocycles. The van der Waals surface area contributed by atoms with E-state index in [1.165, 1.54) is 25.3 Å². The first-order valence-corrected chi connectivity index (χ1v) is 6.76. The van der Waals surface area contributed by atoms with Crippen molar-refractivity contribution >= 4 is 5.91 Å². The van der Waals surface area contributed by atoms with Crippen LogP contribution in [-0.4, -0.2) is 28.4 Å². The molecule has 2 aliphatic rings. The smallest absolute Gasteiger partial charge is 0.270 e. The Morgan fingerprint density at radius 3 is 2.89 bits per heavy atom. The number of hydrogen-bond donors (Lipinski definition) is 1. The first-order valence-electron chi connectivity index (χ1n) is 6.76. The highest BCUT2D eigenvalue weighted by atomic mass is 16.2. The number of amides is 1. The molecule has 18 heavy (non-hydrogen) atoms. The molecule has 2 fully saturated rings. The average molecular weight is 246 g/mol. The molecule has 0 bridgehead atoms. The van der Waals surface area contributed by atoms with Gasteiger partial charge in [-0.15, -0.1) is 0 Å². The van der Waals surface area contributed by atoms with Crippen LogP contribution in [0.4, 0.5) is 0 Å². The molecule has 0 aromatic carbocycles. The van der Waals surface area contributed by atoms with Crippen LogP contribution in [0.15, 0.2) is 23.0 Å². The average Bonchev–Trinajstić information content (AvgIpc) is 2.86. The molecule has 1 aromatic rings. The standard InChI is InChI=1S/C14H18N2O2/c17-13-8-2-6-11(15-13)14(18)16-9-3-5-10-4-1-7-12(10)16/h2,6,8,10,12H,1,3-5,7,9H2,(H,15,17).